The molecule has 5 heteroatoms. The van der Waals surface area contributed by atoms with Gasteiger partial charge in [0.2, 0.25) is 5.89 Å². The number of hydrogen-bond acceptors (Lipinski definition) is 4. The Kier molecular flexibility index (Phi) is 5.11. The molecule has 0 saturated carbocycles. The summed E-state index contributed by atoms with van der Waals surface area (Å²) in [6.07, 6.45) is 0. The fourth-order valence-corrected chi connectivity index (χ4v) is 3.21. The SMILES string of the molecule is CC(C)(C)c1ccc(CSc2nnc(-c3ccc(Br)cc3)o2)cc1. The highest BCUT2D eigenvalue weighted by Crippen LogP contribution is 2.28. The maximum Gasteiger partial charge on any atom is 0.277 e. The van der Waals surface area contributed by atoms with E-state index >= 15 is 0 Å². The van der Waals surface area contributed by atoms with Crippen LogP contribution in [0, 0.1) is 0 Å². The predicted molar refractivity (Wildman–Crippen MR) is 102 cm³/mol. The molecular formula is C19H19BrN2OS. The largest absolute Gasteiger partial charge is 0.411 e. The second-order valence-electron chi connectivity index (χ2n) is 6.62. The summed E-state index contributed by atoms with van der Waals surface area (Å²) in [4.78, 5) is 0. The lowest BCUT2D eigenvalue weighted by Crippen LogP contribution is -2.10. The highest BCUT2D eigenvalue weighted by molar-refractivity contribution is 9.10. The van der Waals surface area contributed by atoms with Crippen LogP contribution in [0.5, 0.6) is 0 Å². The quantitative estimate of drug-likeness (QED) is 0.494. The molecule has 0 unspecified atom stereocenters. The van der Waals surface area contributed by atoms with Crippen molar-refractivity contribution in [2.45, 2.75) is 37.2 Å². The molecule has 0 aliphatic rings. The van der Waals surface area contributed by atoms with Gasteiger partial charge in [0.25, 0.3) is 5.22 Å². The molecule has 3 aromatic rings. The van der Waals surface area contributed by atoms with Gasteiger partial charge in [0.15, 0.2) is 0 Å². The van der Waals surface area contributed by atoms with Gasteiger partial charge in [-0.15, -0.1) is 10.2 Å². The smallest absolute Gasteiger partial charge is 0.277 e. The van der Waals surface area contributed by atoms with Crippen molar-refractivity contribution in [1.29, 1.82) is 0 Å². The maximum absolute atomic E-state index is 5.73. The van der Waals surface area contributed by atoms with Crippen LogP contribution in [-0.4, -0.2) is 10.2 Å². The van der Waals surface area contributed by atoms with Crippen molar-refractivity contribution in [1.82, 2.24) is 10.2 Å². The van der Waals surface area contributed by atoms with E-state index in [9.17, 15) is 0 Å². The van der Waals surface area contributed by atoms with Crippen molar-refractivity contribution in [3.63, 3.8) is 0 Å². The number of benzene rings is 2. The molecule has 3 rings (SSSR count). The molecule has 124 valence electrons. The third-order valence-electron chi connectivity index (χ3n) is 3.68. The first-order valence-corrected chi connectivity index (χ1v) is 9.51. The van der Waals surface area contributed by atoms with E-state index in [1.54, 1.807) is 11.8 Å². The first-order valence-electron chi connectivity index (χ1n) is 7.73. The molecule has 0 radical (unpaired) electrons. The van der Waals surface area contributed by atoms with E-state index in [0.29, 0.717) is 11.1 Å². The lowest BCUT2D eigenvalue weighted by atomic mass is 9.87. The molecule has 1 heterocycles. The molecule has 0 aliphatic heterocycles. The predicted octanol–water partition coefficient (Wildman–Crippen LogP) is 6.09. The Balaban J connectivity index is 1.64. The van der Waals surface area contributed by atoms with Crippen molar-refractivity contribution >= 4 is 27.7 Å². The van der Waals surface area contributed by atoms with Crippen molar-refractivity contribution in [2.24, 2.45) is 0 Å². The molecule has 1 aromatic heterocycles. The summed E-state index contributed by atoms with van der Waals surface area (Å²) in [6, 6.07) is 16.5. The van der Waals surface area contributed by atoms with Gasteiger partial charge in [-0.05, 0) is 40.8 Å². The van der Waals surface area contributed by atoms with Crippen LogP contribution < -0.4 is 0 Å². The van der Waals surface area contributed by atoms with E-state index in [0.717, 1.165) is 15.8 Å². The topological polar surface area (TPSA) is 38.9 Å². The zero-order chi connectivity index (χ0) is 17.2. The van der Waals surface area contributed by atoms with E-state index in [1.807, 2.05) is 24.3 Å². The molecule has 0 fully saturated rings. The highest BCUT2D eigenvalue weighted by atomic mass is 79.9. The van der Waals surface area contributed by atoms with E-state index in [4.69, 9.17) is 4.42 Å². The zero-order valence-electron chi connectivity index (χ0n) is 13.9. The Bertz CT molecular complexity index is 805. The molecule has 0 saturated heterocycles. The highest BCUT2D eigenvalue weighted by Gasteiger charge is 2.13. The summed E-state index contributed by atoms with van der Waals surface area (Å²) in [6.45, 7) is 6.66. The number of rotatable bonds is 4. The minimum absolute atomic E-state index is 0.178. The minimum Gasteiger partial charge on any atom is -0.411 e. The van der Waals surface area contributed by atoms with E-state index < -0.39 is 0 Å². The maximum atomic E-state index is 5.73. The normalized spacial score (nSPS) is 11.7. The Morgan fingerprint density at radius 1 is 0.958 bits per heavy atom. The zero-order valence-corrected chi connectivity index (χ0v) is 16.3. The fourth-order valence-electron chi connectivity index (χ4n) is 2.22. The molecule has 3 nitrogen and oxygen atoms in total. The van der Waals surface area contributed by atoms with Crippen LogP contribution in [0.1, 0.15) is 31.9 Å². The van der Waals surface area contributed by atoms with E-state index in [2.05, 4.69) is 71.2 Å². The molecular weight excluding hydrogens is 384 g/mol. The average Bonchev–Trinajstić information content (AvgIpc) is 3.02. The number of thioether (sulfide) groups is 1. The number of nitrogens with zero attached hydrogens (tertiary/aromatic N) is 2. The Labute approximate surface area is 155 Å². The van der Waals surface area contributed by atoms with Gasteiger partial charge in [0, 0.05) is 15.8 Å². The van der Waals surface area contributed by atoms with Crippen molar-refractivity contribution < 1.29 is 4.42 Å². The van der Waals surface area contributed by atoms with Gasteiger partial charge in [-0.1, -0.05) is 72.7 Å². The summed E-state index contributed by atoms with van der Waals surface area (Å²) in [5.74, 6) is 1.36. The third kappa shape index (κ3) is 4.28. The van der Waals surface area contributed by atoms with Crippen LogP contribution in [0.15, 0.2) is 62.6 Å². The monoisotopic (exact) mass is 402 g/mol. The van der Waals surface area contributed by atoms with Crippen LogP contribution in [0.3, 0.4) is 0 Å². The van der Waals surface area contributed by atoms with Crippen LogP contribution in [0.4, 0.5) is 0 Å². The van der Waals surface area contributed by atoms with Gasteiger partial charge in [-0.25, -0.2) is 0 Å². The van der Waals surface area contributed by atoms with Crippen LogP contribution in [-0.2, 0) is 11.2 Å². The average molecular weight is 403 g/mol. The van der Waals surface area contributed by atoms with Crippen LogP contribution >= 0.6 is 27.7 Å². The molecule has 0 N–H and O–H groups in total. The van der Waals surface area contributed by atoms with Crippen LogP contribution in [0.25, 0.3) is 11.5 Å². The summed E-state index contributed by atoms with van der Waals surface area (Å²) in [7, 11) is 0. The Morgan fingerprint density at radius 3 is 2.25 bits per heavy atom. The molecule has 0 aliphatic carbocycles. The first-order chi connectivity index (χ1) is 11.4. The van der Waals surface area contributed by atoms with E-state index in [1.165, 1.54) is 11.1 Å². The van der Waals surface area contributed by atoms with Gasteiger partial charge < -0.3 is 4.42 Å². The van der Waals surface area contributed by atoms with Crippen molar-refractivity contribution in [3.05, 3.63) is 64.1 Å². The van der Waals surface area contributed by atoms with Crippen LogP contribution in [0.2, 0.25) is 0 Å². The summed E-state index contributed by atoms with van der Waals surface area (Å²) in [5.41, 5.74) is 3.69. The summed E-state index contributed by atoms with van der Waals surface area (Å²) < 4.78 is 6.76. The van der Waals surface area contributed by atoms with Crippen molar-refractivity contribution in [2.75, 3.05) is 0 Å². The van der Waals surface area contributed by atoms with Gasteiger partial charge in [0.1, 0.15) is 0 Å². The number of hydrogen-bond donors (Lipinski definition) is 0. The third-order valence-corrected chi connectivity index (χ3v) is 5.10. The van der Waals surface area contributed by atoms with Gasteiger partial charge in [-0.3, -0.25) is 0 Å². The van der Waals surface area contributed by atoms with E-state index in [-0.39, 0.29) is 5.41 Å². The molecule has 24 heavy (non-hydrogen) atoms. The summed E-state index contributed by atoms with van der Waals surface area (Å²) in [5, 5.41) is 8.83. The Hall–Kier alpha value is -1.59. The standard InChI is InChI=1S/C19H19BrN2OS/c1-19(2,3)15-8-4-13(5-9-15)12-24-18-22-21-17(23-18)14-6-10-16(20)11-7-14/h4-11H,12H2,1-3H3. The first kappa shape index (κ1) is 17.2. The lowest BCUT2D eigenvalue weighted by Gasteiger charge is -2.19. The molecule has 0 atom stereocenters. The Morgan fingerprint density at radius 2 is 1.62 bits per heavy atom. The minimum atomic E-state index is 0.178. The lowest BCUT2D eigenvalue weighted by molar-refractivity contribution is 0.466. The summed E-state index contributed by atoms with van der Waals surface area (Å²) >= 11 is 4.98. The molecule has 2 aromatic carbocycles. The molecule has 0 amide bonds. The number of aromatic nitrogens is 2. The second-order valence-corrected chi connectivity index (χ2v) is 8.46. The second kappa shape index (κ2) is 7.11. The van der Waals surface area contributed by atoms with Crippen molar-refractivity contribution in [3.8, 4) is 11.5 Å². The van der Waals surface area contributed by atoms with Gasteiger partial charge in [0.05, 0.1) is 0 Å². The molecule has 0 bridgehead atoms. The fraction of sp³-hybridized carbons (Fsp3) is 0.263. The molecule has 0 spiro atoms. The van der Waals surface area contributed by atoms with Gasteiger partial charge >= 0.3 is 0 Å². The number of halogens is 1. The van der Waals surface area contributed by atoms with Gasteiger partial charge in [-0.2, -0.15) is 0 Å².